The molecule has 12 rings (SSSR count). The van der Waals surface area contributed by atoms with E-state index >= 15 is 4.79 Å². The molecule has 0 saturated carbocycles. The van der Waals surface area contributed by atoms with Crippen LogP contribution in [-0.2, 0) is 30.4 Å². The number of carbonyl (C=O) groups is 3. The average molecular weight is 1130 g/mol. The number of fused-ring (bicyclic) bond motifs is 1. The van der Waals surface area contributed by atoms with Gasteiger partial charge in [-0.3, -0.25) is 14.5 Å². The number of aromatic nitrogens is 1. The highest BCUT2D eigenvalue weighted by Crippen LogP contribution is 2.48. The molecule has 82 heavy (non-hydrogen) atoms. The van der Waals surface area contributed by atoms with Crippen LogP contribution in [0.15, 0.2) is 295 Å². The summed E-state index contributed by atoms with van der Waals surface area (Å²) in [4.78, 5) is 57.6. The van der Waals surface area contributed by atoms with Crippen molar-refractivity contribution >= 4 is 80.3 Å². The van der Waals surface area contributed by atoms with Crippen molar-refractivity contribution in [2.24, 2.45) is 5.16 Å². The number of amides is 2. The molecule has 402 valence electrons. The largest absolute Gasteiger partial charge is 0.477 e. The van der Waals surface area contributed by atoms with E-state index in [-0.39, 0.29) is 22.9 Å². The molecule has 10 aromatic rings. The third-order valence-electron chi connectivity index (χ3n) is 15.0. The van der Waals surface area contributed by atoms with Gasteiger partial charge in [-0.15, -0.1) is 23.1 Å². The van der Waals surface area contributed by atoms with E-state index in [0.717, 1.165) is 49.3 Å². The van der Waals surface area contributed by atoms with Crippen molar-refractivity contribution in [3.8, 4) is 0 Å². The molecule has 2 atom stereocenters. The number of carboxylic acids is 1. The van der Waals surface area contributed by atoms with E-state index in [4.69, 9.17) is 15.0 Å². The van der Waals surface area contributed by atoms with Gasteiger partial charge in [-0.1, -0.05) is 278 Å². The maximum atomic E-state index is 15.5. The molecule has 0 bridgehead atoms. The average Bonchev–Trinajstić information content (AvgIpc) is 3.06. The van der Waals surface area contributed by atoms with Crippen molar-refractivity contribution < 1.29 is 24.3 Å². The number of nitrogens with one attached hydrogen (secondary N) is 2. The van der Waals surface area contributed by atoms with E-state index in [1.807, 2.05) is 200 Å². The van der Waals surface area contributed by atoms with Gasteiger partial charge >= 0.3 is 5.97 Å². The predicted molar refractivity (Wildman–Crippen MR) is 333 cm³/mol. The van der Waals surface area contributed by atoms with Gasteiger partial charge in [-0.25, -0.2) is 9.78 Å². The summed E-state index contributed by atoms with van der Waals surface area (Å²) in [5, 5.41) is 27.5. The number of carboxylic acid groups (broad SMARTS) is 1. The van der Waals surface area contributed by atoms with Crippen LogP contribution in [0.1, 0.15) is 39.1 Å². The van der Waals surface area contributed by atoms with Gasteiger partial charge in [-0.2, -0.15) is 0 Å². The predicted octanol–water partition coefficient (Wildman–Crippen LogP) is 11.8. The fourth-order valence-electron chi connectivity index (χ4n) is 11.2. The molecule has 10 nitrogen and oxygen atoms in total. The second-order valence-corrected chi connectivity index (χ2v) is 24.9. The summed E-state index contributed by atoms with van der Waals surface area (Å²) in [6, 6.07) is 88.9. The maximum absolute atomic E-state index is 15.5. The molecule has 0 unspecified atom stereocenters. The van der Waals surface area contributed by atoms with Crippen LogP contribution < -0.4 is 26.5 Å². The summed E-state index contributed by atoms with van der Waals surface area (Å²) in [6.45, 7) is -2.69. The van der Waals surface area contributed by atoms with Crippen molar-refractivity contribution in [2.45, 2.75) is 22.6 Å². The van der Waals surface area contributed by atoms with E-state index < -0.39 is 47.2 Å². The molecule has 1 aromatic heterocycles. The summed E-state index contributed by atoms with van der Waals surface area (Å²) < 4.78 is 0. The second kappa shape index (κ2) is 23.4. The van der Waals surface area contributed by atoms with E-state index in [2.05, 4.69) is 89.2 Å². The first-order valence-corrected chi connectivity index (χ1v) is 30.6. The normalized spacial score (nSPS) is 15.4. The Labute approximate surface area is 484 Å². The number of β-lactam (4-membered cyclic amide) rings is 1. The summed E-state index contributed by atoms with van der Waals surface area (Å²) in [6.07, 6.45) is 0. The van der Waals surface area contributed by atoms with Crippen LogP contribution in [0.4, 0.5) is 5.13 Å². The minimum Gasteiger partial charge on any atom is -0.477 e. The van der Waals surface area contributed by atoms with Crippen molar-refractivity contribution in [1.82, 2.24) is 15.2 Å². The Morgan fingerprint density at radius 2 is 0.951 bits per heavy atom. The molecule has 2 aliphatic heterocycles. The first-order valence-electron chi connectivity index (χ1n) is 26.8. The summed E-state index contributed by atoms with van der Waals surface area (Å²) in [5.74, 6) is -0.184. The molecule has 0 aliphatic carbocycles. The third kappa shape index (κ3) is 9.85. The Kier molecular flexibility index (Phi) is 15.2. The van der Waals surface area contributed by atoms with Crippen molar-refractivity contribution in [1.29, 1.82) is 0 Å². The number of nitrogens with zero attached hydrogens (tertiary/aromatic N) is 3. The number of benzene rings is 9. The van der Waals surface area contributed by atoms with Crippen LogP contribution in [0.3, 0.4) is 0 Å². The highest BCUT2D eigenvalue weighted by Gasteiger charge is 2.55. The van der Waals surface area contributed by atoms with Gasteiger partial charge in [0.1, 0.15) is 28.3 Å². The minimum absolute atomic E-state index is 0.115. The molecule has 2 aliphatic rings. The second-order valence-electron chi connectivity index (χ2n) is 19.7. The molecule has 13 heteroatoms. The quantitative estimate of drug-likeness (QED) is 0.0254. The van der Waals surface area contributed by atoms with Crippen molar-refractivity contribution in [2.75, 3.05) is 11.1 Å². The van der Waals surface area contributed by atoms with Gasteiger partial charge in [0, 0.05) is 27.8 Å². The van der Waals surface area contributed by atoms with E-state index in [9.17, 15) is 14.7 Å². The number of aliphatic carboxylic acids is 1. The molecule has 3 N–H and O–H groups in total. The highest BCUT2D eigenvalue weighted by atomic mass is 32.2. The van der Waals surface area contributed by atoms with Crippen LogP contribution in [0.2, 0.25) is 0 Å². The fraction of sp³-hybridized carbons (Fsp3) is 0.0725. The van der Waals surface area contributed by atoms with E-state index in [1.165, 1.54) is 28.0 Å². The number of thiazole rings is 1. The Bertz CT molecular complexity index is 3690. The van der Waals surface area contributed by atoms with Crippen LogP contribution in [0.5, 0.6) is 0 Å². The molecule has 0 radical (unpaired) electrons. The number of carbonyl (C=O) groups excluding carboxylic acids is 2. The van der Waals surface area contributed by atoms with Crippen molar-refractivity contribution in [3.63, 3.8) is 0 Å². The Morgan fingerprint density at radius 1 is 0.573 bits per heavy atom. The molecule has 0 spiro atoms. The first kappa shape index (κ1) is 53.3. The molecular weight excluding hydrogens is 1070 g/mol. The summed E-state index contributed by atoms with van der Waals surface area (Å²) in [7, 11) is 0. The molecule has 2 amide bonds. The monoisotopic (exact) mass is 1130 g/mol. The lowest BCUT2D eigenvalue weighted by atomic mass is 9.77. The number of hydrogen-bond donors (Lipinski definition) is 3. The van der Waals surface area contributed by atoms with Crippen LogP contribution >= 0.6 is 30.0 Å². The third-order valence-corrected chi connectivity index (χ3v) is 21.1. The number of rotatable bonds is 18. The SMILES string of the molecule is O=C(O)C1=C(C=P(c2ccccc2)(c2ccccc2)c2ccccc2)CS[C@@H]2[C@H](NC(=O)/C(=N\OC(c3ccccc3)(c3ccccc3)c3ccccc3)c3csc(NC(c4ccccc4)(c4ccccc4)c4ccccc4)n3)C(=O)N12. The van der Waals surface area contributed by atoms with Gasteiger partial charge in [0.15, 0.2) is 10.8 Å². The minimum atomic E-state index is -2.69. The Hall–Kier alpha value is -9.32. The van der Waals surface area contributed by atoms with E-state index in [1.54, 1.807) is 5.38 Å². The molecule has 3 heterocycles. The summed E-state index contributed by atoms with van der Waals surface area (Å²) in [5.41, 5.74) is 3.17. The zero-order valence-corrected chi connectivity index (χ0v) is 46.7. The van der Waals surface area contributed by atoms with Gasteiger partial charge in [-0.05, 0) is 50.9 Å². The maximum Gasteiger partial charge on any atom is 0.352 e. The number of oxime groups is 1. The Morgan fingerprint density at radius 3 is 1.34 bits per heavy atom. The Balaban J connectivity index is 0.965. The number of anilines is 1. The van der Waals surface area contributed by atoms with Gasteiger partial charge < -0.3 is 20.6 Å². The first-order chi connectivity index (χ1) is 40.3. The molecule has 9 aromatic carbocycles. The van der Waals surface area contributed by atoms with Gasteiger partial charge in [0.2, 0.25) is 5.60 Å². The van der Waals surface area contributed by atoms with Crippen LogP contribution in [0, 0.1) is 0 Å². The summed E-state index contributed by atoms with van der Waals surface area (Å²) >= 11 is 2.70. The smallest absolute Gasteiger partial charge is 0.352 e. The number of thioether (sulfide) groups is 1. The number of hydrogen-bond acceptors (Lipinski definition) is 9. The zero-order chi connectivity index (χ0) is 55.9. The highest BCUT2D eigenvalue weighted by molar-refractivity contribution is 8.00. The lowest BCUT2D eigenvalue weighted by Crippen LogP contribution is -2.71. The molecular formula is C69H54N5O5PS2. The van der Waals surface area contributed by atoms with E-state index in [0.29, 0.717) is 10.7 Å². The topological polar surface area (TPSA) is 133 Å². The standard InChI is InChI=1S/C69H54N5O5PS2/c75-63(71-61-64(76)74-62(66(77)78)49(47-81-65(61)74)46-80(56-40-22-7-23-41-56,57-42-24-8-25-43-57)58-44-26-9-27-45-58)60(73-79-69(53-34-16-4-17-35-53,54-36-18-5-19-37-54)55-38-20-6-21-39-55)59-48-82-67(70-59)72-68(50-28-10-1-11-29-50,51-30-12-2-13-31-51)52-32-14-3-15-33-52/h1-46,48,61,65H,47H2,(H,70,72)(H,71,75)(H,77,78)/b73-60-/t61-,65-/m1/s1. The van der Waals surface area contributed by atoms with Gasteiger partial charge in [0.25, 0.3) is 11.8 Å². The van der Waals surface area contributed by atoms with Crippen LogP contribution in [-0.4, -0.2) is 61.5 Å². The zero-order valence-electron chi connectivity index (χ0n) is 44.2. The fourth-order valence-corrected chi connectivity index (χ4v) is 17.4. The lowest BCUT2D eigenvalue weighted by molar-refractivity contribution is -0.150. The van der Waals surface area contributed by atoms with Gasteiger partial charge in [0.05, 0.1) is 0 Å². The lowest BCUT2D eigenvalue weighted by Gasteiger charge is -2.49. The van der Waals surface area contributed by atoms with Crippen LogP contribution in [0.25, 0.3) is 0 Å². The molecule has 1 fully saturated rings. The molecule has 1 saturated heterocycles. The van der Waals surface area contributed by atoms with Crippen molar-refractivity contribution in [3.05, 3.63) is 329 Å².